The molecular weight excluding hydrogens is 470 g/mol. The molecule has 0 spiro atoms. The van der Waals surface area contributed by atoms with Gasteiger partial charge in [-0.15, -0.1) is 0 Å². The van der Waals surface area contributed by atoms with Crippen LogP contribution in [0.15, 0.2) is 57.9 Å². The average Bonchev–Trinajstić information content (AvgIpc) is 2.72. The van der Waals surface area contributed by atoms with Crippen molar-refractivity contribution in [3.05, 3.63) is 64.1 Å². The zero-order chi connectivity index (χ0) is 21.9. The van der Waals surface area contributed by atoms with Crippen molar-refractivity contribution in [1.29, 1.82) is 0 Å². The minimum Gasteiger partial charge on any atom is -0.465 e. The van der Waals surface area contributed by atoms with Crippen molar-refractivity contribution in [3.8, 4) is 0 Å². The van der Waals surface area contributed by atoms with Crippen molar-refractivity contribution in [1.82, 2.24) is 9.80 Å². The summed E-state index contributed by atoms with van der Waals surface area (Å²) in [5, 5.41) is 14.5. The number of benzene rings is 2. The lowest BCUT2D eigenvalue weighted by Gasteiger charge is -2.41. The van der Waals surface area contributed by atoms with Gasteiger partial charge in [0.15, 0.2) is 0 Å². The molecule has 7 nitrogen and oxygen atoms in total. The first-order chi connectivity index (χ1) is 14.1. The van der Waals surface area contributed by atoms with E-state index in [2.05, 4.69) is 39.9 Å². The SMILES string of the molecule is CC(c1ccc(Br)cc1)N(Cc1ccc(S(N)(=O)=O)cc1)C1CCN(C(=O)O)CC1. The standard InChI is InChI=1S/C21H26BrN3O4S/c1-15(17-4-6-18(22)7-5-17)25(19-10-12-24(13-11-19)21(26)27)14-16-2-8-20(9-3-16)30(23,28)29/h2-9,15,19H,10-14H2,1H3,(H,26,27)(H2,23,28,29). The molecule has 162 valence electrons. The zero-order valence-corrected chi connectivity index (χ0v) is 19.1. The molecule has 3 rings (SSSR count). The van der Waals surface area contributed by atoms with Crippen LogP contribution in [0.4, 0.5) is 4.79 Å². The molecule has 9 heteroatoms. The van der Waals surface area contributed by atoms with E-state index in [0.717, 1.165) is 22.9 Å². The minimum absolute atomic E-state index is 0.0912. The fourth-order valence-corrected chi connectivity index (χ4v) is 4.68. The molecule has 1 amide bonds. The summed E-state index contributed by atoms with van der Waals surface area (Å²) in [6.45, 7) is 3.78. The molecule has 1 heterocycles. The summed E-state index contributed by atoms with van der Waals surface area (Å²) >= 11 is 3.47. The van der Waals surface area contributed by atoms with Crippen molar-refractivity contribution in [3.63, 3.8) is 0 Å². The van der Waals surface area contributed by atoms with Crippen LogP contribution in [0, 0.1) is 0 Å². The Balaban J connectivity index is 1.83. The molecule has 0 aromatic heterocycles. The third-order valence-corrected chi connectivity index (χ3v) is 7.13. The Kier molecular flexibility index (Phi) is 7.18. The van der Waals surface area contributed by atoms with Crippen molar-refractivity contribution in [2.24, 2.45) is 5.14 Å². The number of nitrogens with zero attached hydrogens (tertiary/aromatic N) is 2. The van der Waals surface area contributed by atoms with E-state index in [9.17, 15) is 18.3 Å². The first-order valence-electron chi connectivity index (χ1n) is 9.76. The third-order valence-electron chi connectivity index (χ3n) is 5.67. The van der Waals surface area contributed by atoms with Gasteiger partial charge in [0.25, 0.3) is 0 Å². The van der Waals surface area contributed by atoms with E-state index in [-0.39, 0.29) is 17.0 Å². The van der Waals surface area contributed by atoms with Crippen LogP contribution in [0.1, 0.15) is 36.9 Å². The first-order valence-corrected chi connectivity index (χ1v) is 12.1. The fourth-order valence-electron chi connectivity index (χ4n) is 3.90. The van der Waals surface area contributed by atoms with Gasteiger partial charge in [-0.1, -0.05) is 40.2 Å². The van der Waals surface area contributed by atoms with Gasteiger partial charge >= 0.3 is 6.09 Å². The highest BCUT2D eigenvalue weighted by molar-refractivity contribution is 9.10. The van der Waals surface area contributed by atoms with E-state index in [0.29, 0.717) is 19.6 Å². The van der Waals surface area contributed by atoms with E-state index < -0.39 is 16.1 Å². The second-order valence-corrected chi connectivity index (χ2v) is 10.1. The number of carboxylic acid groups (broad SMARTS) is 1. The van der Waals surface area contributed by atoms with Crippen LogP contribution in [0.3, 0.4) is 0 Å². The predicted octanol–water partition coefficient (Wildman–Crippen LogP) is 3.80. The largest absolute Gasteiger partial charge is 0.465 e. The Morgan fingerprint density at radius 3 is 2.23 bits per heavy atom. The molecule has 1 unspecified atom stereocenters. The summed E-state index contributed by atoms with van der Waals surface area (Å²) in [7, 11) is -3.73. The van der Waals surface area contributed by atoms with Crippen molar-refractivity contribution in [2.45, 2.75) is 43.3 Å². The van der Waals surface area contributed by atoms with Crippen LogP contribution < -0.4 is 5.14 Å². The summed E-state index contributed by atoms with van der Waals surface area (Å²) in [4.78, 5) is 15.2. The smallest absolute Gasteiger partial charge is 0.407 e. The summed E-state index contributed by atoms with van der Waals surface area (Å²) < 4.78 is 24.1. The highest BCUT2D eigenvalue weighted by Crippen LogP contribution is 2.30. The van der Waals surface area contributed by atoms with E-state index in [1.165, 1.54) is 22.6 Å². The predicted molar refractivity (Wildman–Crippen MR) is 119 cm³/mol. The molecule has 3 N–H and O–H groups in total. The van der Waals surface area contributed by atoms with E-state index in [4.69, 9.17) is 5.14 Å². The highest BCUT2D eigenvalue weighted by Gasteiger charge is 2.30. The second-order valence-electron chi connectivity index (χ2n) is 7.59. The van der Waals surface area contributed by atoms with Gasteiger partial charge in [-0.3, -0.25) is 4.90 Å². The van der Waals surface area contributed by atoms with Gasteiger partial charge in [0, 0.05) is 36.2 Å². The van der Waals surface area contributed by atoms with Crippen molar-refractivity contribution in [2.75, 3.05) is 13.1 Å². The molecule has 1 aliphatic rings. The zero-order valence-electron chi connectivity index (χ0n) is 16.7. The number of piperidine rings is 1. The number of nitrogens with two attached hydrogens (primary N) is 1. The Morgan fingerprint density at radius 1 is 1.17 bits per heavy atom. The topological polar surface area (TPSA) is 104 Å². The van der Waals surface area contributed by atoms with Gasteiger partial charge in [-0.25, -0.2) is 18.4 Å². The van der Waals surface area contributed by atoms with Gasteiger partial charge in [-0.2, -0.15) is 0 Å². The molecule has 30 heavy (non-hydrogen) atoms. The van der Waals surface area contributed by atoms with Crippen molar-refractivity contribution >= 4 is 32.0 Å². The van der Waals surface area contributed by atoms with Gasteiger partial charge in [0.2, 0.25) is 10.0 Å². The molecule has 2 aromatic rings. The number of amides is 1. The fraction of sp³-hybridized carbons (Fsp3) is 0.381. The van der Waals surface area contributed by atoms with Crippen LogP contribution in [0.25, 0.3) is 0 Å². The molecule has 1 aliphatic heterocycles. The molecule has 0 saturated carbocycles. The molecule has 0 radical (unpaired) electrons. The van der Waals surface area contributed by atoms with E-state index >= 15 is 0 Å². The number of primary sulfonamides is 1. The Hall–Kier alpha value is -1.94. The number of likely N-dealkylation sites (tertiary alicyclic amines) is 1. The lowest BCUT2D eigenvalue weighted by atomic mass is 9.97. The monoisotopic (exact) mass is 495 g/mol. The number of halogens is 1. The number of hydrogen-bond acceptors (Lipinski definition) is 4. The summed E-state index contributed by atoms with van der Waals surface area (Å²) in [6, 6.07) is 15.1. The van der Waals surface area contributed by atoms with Crippen LogP contribution in [0.2, 0.25) is 0 Å². The second kappa shape index (κ2) is 9.47. The summed E-state index contributed by atoms with van der Waals surface area (Å²) in [5.74, 6) is 0. The first kappa shape index (κ1) is 22.7. The van der Waals surface area contributed by atoms with Crippen LogP contribution >= 0.6 is 15.9 Å². The number of rotatable bonds is 6. The maximum absolute atomic E-state index is 11.5. The maximum Gasteiger partial charge on any atom is 0.407 e. The van der Waals surface area contributed by atoms with Gasteiger partial charge in [0.05, 0.1) is 4.90 Å². The number of carbonyl (C=O) groups is 1. The van der Waals surface area contributed by atoms with Crippen molar-refractivity contribution < 1.29 is 18.3 Å². The normalized spacial score (nSPS) is 16.6. The van der Waals surface area contributed by atoms with E-state index in [1.54, 1.807) is 12.1 Å². The quantitative estimate of drug-likeness (QED) is 0.633. The highest BCUT2D eigenvalue weighted by atomic mass is 79.9. The molecule has 1 saturated heterocycles. The lowest BCUT2D eigenvalue weighted by molar-refractivity contribution is 0.0689. The molecule has 1 fully saturated rings. The van der Waals surface area contributed by atoms with Gasteiger partial charge in [-0.05, 0) is 55.2 Å². The Morgan fingerprint density at radius 2 is 1.73 bits per heavy atom. The minimum atomic E-state index is -3.73. The Bertz CT molecular complexity index is 972. The van der Waals surface area contributed by atoms with Gasteiger partial charge < -0.3 is 10.0 Å². The van der Waals surface area contributed by atoms with E-state index in [1.807, 2.05) is 12.1 Å². The third kappa shape index (κ3) is 5.60. The van der Waals surface area contributed by atoms with Crippen LogP contribution in [0.5, 0.6) is 0 Å². The Labute approximate surface area is 185 Å². The molecule has 1 atom stereocenters. The summed E-state index contributed by atoms with van der Waals surface area (Å²) in [5.41, 5.74) is 2.15. The average molecular weight is 496 g/mol. The van der Waals surface area contributed by atoms with Gasteiger partial charge in [0.1, 0.15) is 0 Å². The molecule has 0 bridgehead atoms. The molecule has 2 aromatic carbocycles. The van der Waals surface area contributed by atoms with Crippen LogP contribution in [-0.4, -0.2) is 48.5 Å². The maximum atomic E-state index is 11.5. The number of hydrogen-bond donors (Lipinski definition) is 2. The molecular formula is C21H26BrN3O4S. The lowest BCUT2D eigenvalue weighted by Crippen LogP contribution is -2.46. The number of sulfonamides is 1. The summed E-state index contributed by atoms with van der Waals surface area (Å²) in [6.07, 6.45) is 0.629. The molecule has 0 aliphatic carbocycles. The van der Waals surface area contributed by atoms with Crippen LogP contribution in [-0.2, 0) is 16.6 Å².